The van der Waals surface area contributed by atoms with Gasteiger partial charge in [-0.3, -0.25) is 9.59 Å². The van der Waals surface area contributed by atoms with Crippen LogP contribution < -0.4 is 10.6 Å². The molecule has 1 aliphatic heterocycles. The predicted molar refractivity (Wildman–Crippen MR) is 70.8 cm³/mol. The molecule has 1 unspecified atom stereocenters. The molecule has 2 N–H and O–H groups in total. The van der Waals surface area contributed by atoms with Gasteiger partial charge in [0.15, 0.2) is 0 Å². The molecule has 2 amide bonds. The Kier molecular flexibility index (Phi) is 4.09. The van der Waals surface area contributed by atoms with Gasteiger partial charge in [0, 0.05) is 18.7 Å². The molecule has 1 aromatic rings. The third-order valence-corrected chi connectivity index (χ3v) is 3.56. The van der Waals surface area contributed by atoms with Gasteiger partial charge in [-0.2, -0.15) is 0 Å². The molecule has 1 fully saturated rings. The van der Waals surface area contributed by atoms with Crippen LogP contribution in [0.4, 0.5) is 5.69 Å². The smallest absolute Gasteiger partial charge is 0.229 e. The van der Waals surface area contributed by atoms with Crippen LogP contribution >= 0.6 is 23.2 Å². The van der Waals surface area contributed by atoms with Crippen molar-refractivity contribution in [2.45, 2.75) is 12.8 Å². The zero-order valence-electron chi connectivity index (χ0n) is 9.50. The standard InChI is InChI=1S/C12H12Cl2N2O2/c13-9-3-2-8(5-10(9)14)16-12(18)7-1-4-11(17)15-6-7/h2-3,5,7H,1,4,6H2,(H,15,17)(H,16,18). The van der Waals surface area contributed by atoms with Gasteiger partial charge in [-0.25, -0.2) is 0 Å². The molecule has 4 nitrogen and oxygen atoms in total. The van der Waals surface area contributed by atoms with E-state index in [-0.39, 0.29) is 17.7 Å². The molecule has 6 heteroatoms. The Labute approximate surface area is 115 Å². The topological polar surface area (TPSA) is 58.2 Å². The van der Waals surface area contributed by atoms with Gasteiger partial charge in [-0.15, -0.1) is 0 Å². The highest BCUT2D eigenvalue weighted by molar-refractivity contribution is 6.42. The number of amides is 2. The Morgan fingerprint density at radius 3 is 2.72 bits per heavy atom. The molecule has 1 atom stereocenters. The number of hydrogen-bond donors (Lipinski definition) is 2. The summed E-state index contributed by atoms with van der Waals surface area (Å²) >= 11 is 11.7. The maximum absolute atomic E-state index is 11.9. The molecule has 0 aliphatic carbocycles. The molecule has 0 bridgehead atoms. The fraction of sp³-hybridized carbons (Fsp3) is 0.333. The molecule has 1 saturated heterocycles. The Balaban J connectivity index is 1.98. The highest BCUT2D eigenvalue weighted by Crippen LogP contribution is 2.25. The summed E-state index contributed by atoms with van der Waals surface area (Å²) in [5.74, 6) is -0.320. The zero-order chi connectivity index (χ0) is 13.1. The summed E-state index contributed by atoms with van der Waals surface area (Å²) in [6, 6.07) is 4.92. The molecular weight excluding hydrogens is 275 g/mol. The van der Waals surface area contributed by atoms with Gasteiger partial charge in [0.25, 0.3) is 0 Å². The summed E-state index contributed by atoms with van der Waals surface area (Å²) in [5.41, 5.74) is 0.603. The first kappa shape index (κ1) is 13.2. The second-order valence-electron chi connectivity index (χ2n) is 4.16. The molecule has 2 rings (SSSR count). The van der Waals surface area contributed by atoms with Crippen molar-refractivity contribution in [2.75, 3.05) is 11.9 Å². The molecule has 1 heterocycles. The molecule has 96 valence electrons. The Hall–Kier alpha value is -1.26. The fourth-order valence-corrected chi connectivity index (χ4v) is 2.07. The van der Waals surface area contributed by atoms with Crippen LogP contribution in [-0.2, 0) is 9.59 Å². The number of piperidine rings is 1. The summed E-state index contributed by atoms with van der Waals surface area (Å²) in [4.78, 5) is 22.9. The second kappa shape index (κ2) is 5.59. The molecule has 1 aromatic carbocycles. The van der Waals surface area contributed by atoms with Gasteiger partial charge >= 0.3 is 0 Å². The van der Waals surface area contributed by atoms with Crippen LogP contribution in [0.3, 0.4) is 0 Å². The summed E-state index contributed by atoms with van der Waals surface area (Å²) in [7, 11) is 0. The Morgan fingerprint density at radius 1 is 1.33 bits per heavy atom. The SMILES string of the molecule is O=C1CCC(C(=O)Nc2ccc(Cl)c(Cl)c2)CN1. The fourth-order valence-electron chi connectivity index (χ4n) is 1.77. The summed E-state index contributed by atoms with van der Waals surface area (Å²) in [6.07, 6.45) is 0.957. The lowest BCUT2D eigenvalue weighted by atomic mass is 9.98. The van der Waals surface area contributed by atoms with Gasteiger partial charge in [-0.05, 0) is 24.6 Å². The average Bonchev–Trinajstić information content (AvgIpc) is 2.34. The minimum atomic E-state index is -0.197. The van der Waals surface area contributed by atoms with Crippen molar-refractivity contribution in [3.05, 3.63) is 28.2 Å². The van der Waals surface area contributed by atoms with Crippen LogP contribution in [0.15, 0.2) is 18.2 Å². The highest BCUT2D eigenvalue weighted by Gasteiger charge is 2.24. The first-order chi connectivity index (χ1) is 8.56. The first-order valence-corrected chi connectivity index (χ1v) is 6.34. The van der Waals surface area contributed by atoms with Crippen LogP contribution in [0.1, 0.15) is 12.8 Å². The summed E-state index contributed by atoms with van der Waals surface area (Å²) in [6.45, 7) is 0.381. The monoisotopic (exact) mass is 286 g/mol. The molecule has 1 aliphatic rings. The van der Waals surface area contributed by atoms with Gasteiger partial charge in [-0.1, -0.05) is 23.2 Å². The Morgan fingerprint density at radius 2 is 2.11 bits per heavy atom. The van der Waals surface area contributed by atoms with Crippen LogP contribution in [0.25, 0.3) is 0 Å². The normalized spacial score (nSPS) is 19.2. The quantitative estimate of drug-likeness (QED) is 0.877. The maximum atomic E-state index is 11.9. The number of benzene rings is 1. The van der Waals surface area contributed by atoms with Crippen LogP contribution in [-0.4, -0.2) is 18.4 Å². The van der Waals surface area contributed by atoms with Crippen molar-refractivity contribution < 1.29 is 9.59 Å². The van der Waals surface area contributed by atoms with E-state index in [4.69, 9.17) is 23.2 Å². The molecule has 0 spiro atoms. The van der Waals surface area contributed by atoms with Crippen molar-refractivity contribution in [3.8, 4) is 0 Å². The van der Waals surface area contributed by atoms with E-state index in [0.29, 0.717) is 35.1 Å². The predicted octanol–water partition coefficient (Wildman–Crippen LogP) is 2.46. The van der Waals surface area contributed by atoms with Crippen molar-refractivity contribution in [2.24, 2.45) is 5.92 Å². The second-order valence-corrected chi connectivity index (χ2v) is 4.97. The number of halogens is 2. The number of carbonyl (C=O) groups excluding carboxylic acids is 2. The van der Waals surface area contributed by atoms with Crippen LogP contribution in [0.2, 0.25) is 10.0 Å². The third-order valence-electron chi connectivity index (χ3n) is 2.82. The van der Waals surface area contributed by atoms with E-state index in [1.807, 2.05) is 0 Å². The van der Waals surface area contributed by atoms with E-state index in [1.54, 1.807) is 18.2 Å². The lowest BCUT2D eigenvalue weighted by molar-refractivity contribution is -0.126. The van der Waals surface area contributed by atoms with E-state index in [9.17, 15) is 9.59 Å². The van der Waals surface area contributed by atoms with Crippen LogP contribution in [0.5, 0.6) is 0 Å². The molecule has 0 saturated carbocycles. The number of rotatable bonds is 2. The van der Waals surface area contributed by atoms with E-state index >= 15 is 0 Å². The molecular formula is C12H12Cl2N2O2. The lowest BCUT2D eigenvalue weighted by Gasteiger charge is -2.21. The molecule has 0 aromatic heterocycles. The van der Waals surface area contributed by atoms with Crippen molar-refractivity contribution in [1.82, 2.24) is 5.32 Å². The number of carbonyl (C=O) groups is 2. The highest BCUT2D eigenvalue weighted by atomic mass is 35.5. The van der Waals surface area contributed by atoms with Crippen LogP contribution in [0, 0.1) is 5.92 Å². The zero-order valence-corrected chi connectivity index (χ0v) is 11.0. The van der Waals surface area contributed by atoms with E-state index in [1.165, 1.54) is 0 Å². The largest absolute Gasteiger partial charge is 0.355 e. The molecule has 0 radical (unpaired) electrons. The minimum absolute atomic E-state index is 0.00594. The molecule has 18 heavy (non-hydrogen) atoms. The van der Waals surface area contributed by atoms with Gasteiger partial charge in [0.1, 0.15) is 0 Å². The van der Waals surface area contributed by atoms with E-state index in [0.717, 1.165) is 0 Å². The van der Waals surface area contributed by atoms with Crippen molar-refractivity contribution >= 4 is 40.7 Å². The van der Waals surface area contributed by atoms with E-state index in [2.05, 4.69) is 10.6 Å². The lowest BCUT2D eigenvalue weighted by Crippen LogP contribution is -2.40. The van der Waals surface area contributed by atoms with Crippen molar-refractivity contribution in [1.29, 1.82) is 0 Å². The van der Waals surface area contributed by atoms with Gasteiger partial charge in [0.05, 0.1) is 16.0 Å². The third kappa shape index (κ3) is 3.15. The minimum Gasteiger partial charge on any atom is -0.355 e. The van der Waals surface area contributed by atoms with Gasteiger partial charge in [0.2, 0.25) is 11.8 Å². The first-order valence-electron chi connectivity index (χ1n) is 5.59. The number of hydrogen-bond acceptors (Lipinski definition) is 2. The van der Waals surface area contributed by atoms with E-state index < -0.39 is 0 Å². The average molecular weight is 287 g/mol. The van der Waals surface area contributed by atoms with Crippen molar-refractivity contribution in [3.63, 3.8) is 0 Å². The number of nitrogens with one attached hydrogen (secondary N) is 2. The Bertz CT molecular complexity index is 481. The summed E-state index contributed by atoms with van der Waals surface area (Å²) in [5, 5.41) is 6.27. The summed E-state index contributed by atoms with van der Waals surface area (Å²) < 4.78 is 0. The maximum Gasteiger partial charge on any atom is 0.229 e. The number of anilines is 1. The van der Waals surface area contributed by atoms with Gasteiger partial charge < -0.3 is 10.6 Å².